The predicted molar refractivity (Wildman–Crippen MR) is 86.2 cm³/mol. The molecule has 0 saturated heterocycles. The number of ketones is 1. The summed E-state index contributed by atoms with van der Waals surface area (Å²) in [5, 5.41) is 2.41. The van der Waals surface area contributed by atoms with Crippen LogP contribution in [0.15, 0.2) is 41.3 Å². The van der Waals surface area contributed by atoms with E-state index in [1.807, 2.05) is 12.1 Å². The largest absolute Gasteiger partial charge is 0.497 e. The summed E-state index contributed by atoms with van der Waals surface area (Å²) in [7, 11) is 3.00. The average Bonchev–Trinajstić information content (AvgIpc) is 2.56. The monoisotopic (exact) mass is 314 g/mol. The third kappa shape index (κ3) is 3.66. The van der Waals surface area contributed by atoms with Crippen LogP contribution in [0.5, 0.6) is 5.75 Å². The molecule has 0 radical (unpaired) electrons. The Morgan fingerprint density at radius 1 is 1.26 bits per heavy atom. The van der Waals surface area contributed by atoms with Gasteiger partial charge in [-0.2, -0.15) is 0 Å². The summed E-state index contributed by atoms with van der Waals surface area (Å²) in [6.07, 6.45) is 1.47. The van der Waals surface area contributed by atoms with Gasteiger partial charge in [0, 0.05) is 18.8 Å². The van der Waals surface area contributed by atoms with Crippen molar-refractivity contribution < 1.29 is 14.3 Å². The molecule has 0 atom stereocenters. The van der Waals surface area contributed by atoms with Gasteiger partial charge in [-0.3, -0.25) is 14.4 Å². The molecule has 1 heterocycles. The second-order valence-corrected chi connectivity index (χ2v) is 5.06. The molecule has 6 nitrogen and oxygen atoms in total. The number of rotatable bonds is 5. The molecule has 0 aliphatic rings. The Kier molecular flexibility index (Phi) is 4.95. The van der Waals surface area contributed by atoms with Crippen LogP contribution in [0, 0.1) is 0 Å². The first kappa shape index (κ1) is 16.5. The summed E-state index contributed by atoms with van der Waals surface area (Å²) in [5.41, 5.74) is 0.640. The highest BCUT2D eigenvalue weighted by Gasteiger charge is 2.15. The number of nitrogens with one attached hydrogen (secondary N) is 1. The van der Waals surface area contributed by atoms with Crippen molar-refractivity contribution in [1.82, 2.24) is 9.88 Å². The maximum Gasteiger partial charge on any atom is 0.263 e. The zero-order valence-electron chi connectivity index (χ0n) is 13.3. The minimum absolute atomic E-state index is 0.0527. The van der Waals surface area contributed by atoms with Gasteiger partial charge in [-0.05, 0) is 30.7 Å². The smallest absolute Gasteiger partial charge is 0.263 e. The van der Waals surface area contributed by atoms with Gasteiger partial charge in [-0.15, -0.1) is 0 Å². The first-order valence-corrected chi connectivity index (χ1v) is 7.06. The van der Waals surface area contributed by atoms with Crippen molar-refractivity contribution in [2.24, 2.45) is 0 Å². The van der Waals surface area contributed by atoms with E-state index in [-0.39, 0.29) is 17.9 Å². The van der Waals surface area contributed by atoms with Gasteiger partial charge >= 0.3 is 0 Å². The third-order valence-electron chi connectivity index (χ3n) is 3.45. The number of carbonyl (C=O) groups excluding carboxylic acids is 2. The summed E-state index contributed by atoms with van der Waals surface area (Å²) in [6, 6.07) is 8.58. The number of carbonyl (C=O) groups is 2. The minimum atomic E-state index is -0.516. The Balaban J connectivity index is 2.52. The topological polar surface area (TPSA) is 77.4 Å². The lowest BCUT2D eigenvalue weighted by Crippen LogP contribution is -2.32. The fraction of sp³-hybridized carbons (Fsp3) is 0.235. The van der Waals surface area contributed by atoms with Crippen LogP contribution in [0.2, 0.25) is 0 Å². The third-order valence-corrected chi connectivity index (χ3v) is 3.45. The van der Waals surface area contributed by atoms with Crippen LogP contribution in [0.3, 0.4) is 0 Å². The summed E-state index contributed by atoms with van der Waals surface area (Å²) < 4.78 is 6.52. The summed E-state index contributed by atoms with van der Waals surface area (Å²) in [4.78, 5) is 36.0. The van der Waals surface area contributed by atoms with E-state index in [1.165, 1.54) is 30.8 Å². The van der Waals surface area contributed by atoms with Crippen LogP contribution < -0.4 is 15.6 Å². The maximum absolute atomic E-state index is 12.5. The first-order valence-electron chi connectivity index (χ1n) is 7.06. The van der Waals surface area contributed by atoms with Crippen LogP contribution >= 0.6 is 0 Å². The molecule has 0 aliphatic heterocycles. The highest BCUT2D eigenvalue weighted by atomic mass is 16.5. The van der Waals surface area contributed by atoms with E-state index in [4.69, 9.17) is 4.74 Å². The normalized spacial score (nSPS) is 10.2. The number of benzene rings is 1. The van der Waals surface area contributed by atoms with Crippen LogP contribution in [0.1, 0.15) is 33.2 Å². The van der Waals surface area contributed by atoms with Crippen molar-refractivity contribution in [2.75, 3.05) is 14.2 Å². The van der Waals surface area contributed by atoms with Gasteiger partial charge in [0.15, 0.2) is 5.78 Å². The number of pyridine rings is 1. The first-order chi connectivity index (χ1) is 11.0. The molecule has 0 aliphatic carbocycles. The molecule has 1 amide bonds. The molecule has 6 heteroatoms. The van der Waals surface area contributed by atoms with Crippen LogP contribution in [0.4, 0.5) is 0 Å². The van der Waals surface area contributed by atoms with Crippen molar-refractivity contribution >= 4 is 11.7 Å². The lowest BCUT2D eigenvalue weighted by Gasteiger charge is -2.11. The van der Waals surface area contributed by atoms with E-state index < -0.39 is 11.5 Å². The molecule has 2 rings (SSSR count). The van der Waals surface area contributed by atoms with E-state index in [2.05, 4.69) is 5.32 Å². The van der Waals surface area contributed by atoms with E-state index in [0.29, 0.717) is 11.3 Å². The van der Waals surface area contributed by atoms with Gasteiger partial charge in [0.2, 0.25) is 0 Å². The number of aromatic nitrogens is 1. The van der Waals surface area contributed by atoms with Crippen molar-refractivity contribution in [3.8, 4) is 5.75 Å². The van der Waals surface area contributed by atoms with Crippen molar-refractivity contribution in [1.29, 1.82) is 0 Å². The van der Waals surface area contributed by atoms with E-state index in [1.54, 1.807) is 19.2 Å². The second kappa shape index (κ2) is 6.91. The zero-order chi connectivity index (χ0) is 17.0. The predicted octanol–water partition coefficient (Wildman–Crippen LogP) is 1.47. The summed E-state index contributed by atoms with van der Waals surface area (Å²) >= 11 is 0. The number of nitrogens with zero attached hydrogens (tertiary/aromatic N) is 1. The van der Waals surface area contributed by atoms with Gasteiger partial charge in [-0.25, -0.2) is 0 Å². The van der Waals surface area contributed by atoms with Gasteiger partial charge in [-0.1, -0.05) is 12.1 Å². The molecule has 0 bridgehead atoms. The lowest BCUT2D eigenvalue weighted by molar-refractivity contribution is 0.0961. The van der Waals surface area contributed by atoms with Crippen molar-refractivity contribution in [3.63, 3.8) is 0 Å². The molecule has 0 spiro atoms. The fourth-order valence-electron chi connectivity index (χ4n) is 2.21. The molecule has 1 aromatic heterocycles. The quantitative estimate of drug-likeness (QED) is 0.848. The highest BCUT2D eigenvalue weighted by molar-refractivity contribution is 5.99. The number of ether oxygens (including phenoxy) is 1. The van der Waals surface area contributed by atoms with E-state index in [0.717, 1.165) is 5.56 Å². The Bertz CT molecular complexity index is 808. The maximum atomic E-state index is 12.5. The minimum Gasteiger partial charge on any atom is -0.497 e. The van der Waals surface area contributed by atoms with Gasteiger partial charge in [0.05, 0.1) is 13.7 Å². The number of hydrogen-bond donors (Lipinski definition) is 1. The van der Waals surface area contributed by atoms with E-state index in [9.17, 15) is 14.4 Å². The molecule has 0 fully saturated rings. The van der Waals surface area contributed by atoms with Gasteiger partial charge in [0.1, 0.15) is 11.3 Å². The summed E-state index contributed by atoms with van der Waals surface area (Å²) in [5.74, 6) is -0.0585. The SMILES string of the molecule is CNC(=O)c1cc(C(C)=O)cn(Cc2cccc(OC)c2)c1=O. The molecule has 1 N–H and O–H groups in total. The Hall–Kier alpha value is -2.89. The molecular weight excluding hydrogens is 296 g/mol. The van der Waals surface area contributed by atoms with Crippen LogP contribution in [-0.2, 0) is 6.54 Å². The van der Waals surface area contributed by atoms with E-state index >= 15 is 0 Å². The highest BCUT2D eigenvalue weighted by Crippen LogP contribution is 2.13. The van der Waals surface area contributed by atoms with Gasteiger partial charge < -0.3 is 14.6 Å². The average molecular weight is 314 g/mol. The molecule has 120 valence electrons. The zero-order valence-corrected chi connectivity index (χ0v) is 13.3. The molecule has 23 heavy (non-hydrogen) atoms. The molecule has 0 unspecified atom stereocenters. The molecule has 1 aromatic carbocycles. The number of amides is 1. The second-order valence-electron chi connectivity index (χ2n) is 5.06. The Morgan fingerprint density at radius 2 is 2.00 bits per heavy atom. The lowest BCUT2D eigenvalue weighted by atomic mass is 10.1. The van der Waals surface area contributed by atoms with Gasteiger partial charge in [0.25, 0.3) is 11.5 Å². The number of Topliss-reactive ketones (excluding diaryl/α,β-unsaturated/α-hetero) is 1. The molecule has 2 aromatic rings. The fourth-order valence-corrected chi connectivity index (χ4v) is 2.21. The summed E-state index contributed by atoms with van der Waals surface area (Å²) in [6.45, 7) is 1.63. The Labute approximate surface area is 133 Å². The standard InChI is InChI=1S/C17H18N2O4/c1-11(20)13-8-15(16(21)18-2)17(22)19(10-13)9-12-5-4-6-14(7-12)23-3/h4-8,10H,9H2,1-3H3,(H,18,21). The molecular formula is C17H18N2O4. The molecule has 0 saturated carbocycles. The van der Waals surface area contributed by atoms with Crippen LogP contribution in [-0.4, -0.2) is 30.4 Å². The number of methoxy groups -OCH3 is 1. The van der Waals surface area contributed by atoms with Crippen LogP contribution in [0.25, 0.3) is 0 Å². The van der Waals surface area contributed by atoms with Crippen molar-refractivity contribution in [2.45, 2.75) is 13.5 Å². The number of hydrogen-bond acceptors (Lipinski definition) is 4. The Morgan fingerprint density at radius 3 is 2.61 bits per heavy atom. The van der Waals surface area contributed by atoms with Crippen molar-refractivity contribution in [3.05, 3.63) is 63.6 Å².